The second-order valence-electron chi connectivity index (χ2n) is 3.35. The van der Waals surface area contributed by atoms with Crippen LogP contribution in [0.5, 0.6) is 0 Å². The molecule has 96 valence electrons. The van der Waals surface area contributed by atoms with Crippen LogP contribution < -0.4 is 0 Å². The minimum atomic E-state index is -0.770. The number of thiophene rings is 2. The Morgan fingerprint density at radius 1 is 1.06 bits per heavy atom. The minimum Gasteiger partial charge on any atom is -0.481 e. The third-order valence-corrected chi connectivity index (χ3v) is 3.45. The van der Waals surface area contributed by atoms with Crippen LogP contribution in [0.4, 0.5) is 0 Å². The maximum absolute atomic E-state index is 10.1. The molecule has 0 unspecified atom stereocenters. The van der Waals surface area contributed by atoms with Gasteiger partial charge in [0.05, 0.1) is 12.8 Å². The molecule has 2 heterocycles. The van der Waals surface area contributed by atoms with Gasteiger partial charge in [0.25, 0.3) is 0 Å². The van der Waals surface area contributed by atoms with Crippen molar-refractivity contribution >= 4 is 34.6 Å². The molecular weight excluding hydrogens is 272 g/mol. The van der Waals surface area contributed by atoms with E-state index in [0.717, 1.165) is 10.4 Å². The summed E-state index contributed by atoms with van der Waals surface area (Å²) < 4.78 is 0. The van der Waals surface area contributed by atoms with Gasteiger partial charge in [-0.05, 0) is 33.8 Å². The van der Waals surface area contributed by atoms with Crippen LogP contribution >= 0.6 is 22.7 Å². The summed E-state index contributed by atoms with van der Waals surface area (Å²) in [7, 11) is 0. The smallest absolute Gasteiger partial charge is 0.308 e. The van der Waals surface area contributed by atoms with Crippen LogP contribution in [0.15, 0.2) is 34.3 Å². The fourth-order valence-electron chi connectivity index (χ4n) is 1.13. The van der Waals surface area contributed by atoms with Gasteiger partial charge in [-0.1, -0.05) is 6.07 Å². The largest absolute Gasteiger partial charge is 0.481 e. The van der Waals surface area contributed by atoms with Crippen molar-refractivity contribution in [3.63, 3.8) is 0 Å². The number of hydrogen-bond acceptors (Lipinski definition) is 4. The normalized spacial score (nSPS) is 9.33. The summed E-state index contributed by atoms with van der Waals surface area (Å²) in [6.07, 6.45) is 0.293. The molecule has 2 aromatic heterocycles. The molecule has 0 amide bonds. The Kier molecular flexibility index (Phi) is 6.10. The molecule has 0 aliphatic heterocycles. The van der Waals surface area contributed by atoms with E-state index < -0.39 is 11.9 Å². The van der Waals surface area contributed by atoms with E-state index in [0.29, 0.717) is 0 Å². The highest BCUT2D eigenvalue weighted by Gasteiger charge is 1.98. The van der Waals surface area contributed by atoms with Gasteiger partial charge in [0, 0.05) is 4.88 Å². The molecule has 2 rings (SSSR count). The zero-order valence-corrected chi connectivity index (χ0v) is 11.0. The van der Waals surface area contributed by atoms with Gasteiger partial charge in [0.1, 0.15) is 0 Å². The predicted octanol–water partition coefficient (Wildman–Crippen LogP) is 2.75. The lowest BCUT2D eigenvalue weighted by Gasteiger charge is -1.85. The zero-order valence-electron chi connectivity index (χ0n) is 9.41. The number of carboxylic acid groups (broad SMARTS) is 2. The lowest BCUT2D eigenvalue weighted by Crippen LogP contribution is -1.97. The van der Waals surface area contributed by atoms with Crippen LogP contribution in [0, 0.1) is 0 Å². The molecule has 0 aliphatic carbocycles. The first-order valence-electron chi connectivity index (χ1n) is 5.05. The highest BCUT2D eigenvalue weighted by molar-refractivity contribution is 7.10. The monoisotopic (exact) mass is 284 g/mol. The van der Waals surface area contributed by atoms with Crippen LogP contribution in [0.2, 0.25) is 0 Å². The van der Waals surface area contributed by atoms with E-state index in [1.807, 2.05) is 34.3 Å². The molecule has 0 bridgehead atoms. The summed E-state index contributed by atoms with van der Waals surface area (Å²) in [5.41, 5.74) is 0.882. The summed E-state index contributed by atoms with van der Waals surface area (Å²) >= 11 is 2.99. The van der Waals surface area contributed by atoms with Crippen LogP contribution in [-0.4, -0.2) is 22.2 Å². The number of rotatable bonds is 4. The van der Waals surface area contributed by atoms with Gasteiger partial charge < -0.3 is 10.2 Å². The van der Waals surface area contributed by atoms with E-state index in [1.54, 1.807) is 0 Å². The van der Waals surface area contributed by atoms with Gasteiger partial charge in [0.15, 0.2) is 0 Å². The Bertz CT molecular complexity index is 428. The van der Waals surface area contributed by atoms with Gasteiger partial charge in [-0.15, -0.1) is 11.3 Å². The standard InChI is InChI=1S/2C6H6O2S/c7-6(8)3-5-1-2-9-4-5;7-6(8)4-5-2-1-3-9-5/h1-2,4H,3H2,(H,7,8);1-3H,4H2,(H,7,8). The topological polar surface area (TPSA) is 74.6 Å². The predicted molar refractivity (Wildman–Crippen MR) is 71.3 cm³/mol. The third kappa shape index (κ3) is 6.17. The molecule has 0 saturated heterocycles. The quantitative estimate of drug-likeness (QED) is 0.905. The molecule has 6 heteroatoms. The average Bonchev–Trinajstić information content (AvgIpc) is 2.90. The van der Waals surface area contributed by atoms with Crippen molar-refractivity contribution in [2.45, 2.75) is 12.8 Å². The van der Waals surface area contributed by atoms with Gasteiger partial charge in [-0.2, -0.15) is 11.3 Å². The van der Waals surface area contributed by atoms with Crippen molar-refractivity contribution in [3.05, 3.63) is 44.8 Å². The third-order valence-electron chi connectivity index (χ3n) is 1.84. The van der Waals surface area contributed by atoms with Crippen molar-refractivity contribution in [1.29, 1.82) is 0 Å². The number of aliphatic carboxylic acids is 2. The summed E-state index contributed by atoms with van der Waals surface area (Å²) in [5, 5.41) is 22.2. The molecule has 0 fully saturated rings. The Balaban J connectivity index is 0.000000180. The maximum atomic E-state index is 10.1. The average molecular weight is 284 g/mol. The van der Waals surface area contributed by atoms with Crippen LogP contribution in [0.3, 0.4) is 0 Å². The first-order chi connectivity index (χ1) is 8.58. The molecule has 0 radical (unpaired) electrons. The zero-order chi connectivity index (χ0) is 13.4. The highest BCUT2D eigenvalue weighted by atomic mass is 32.1. The molecule has 0 spiro atoms. The first kappa shape index (κ1) is 14.4. The van der Waals surface area contributed by atoms with Gasteiger partial charge >= 0.3 is 11.9 Å². The lowest BCUT2D eigenvalue weighted by molar-refractivity contribution is -0.137. The van der Waals surface area contributed by atoms with E-state index in [4.69, 9.17) is 10.2 Å². The maximum Gasteiger partial charge on any atom is 0.308 e. The fraction of sp³-hybridized carbons (Fsp3) is 0.167. The van der Waals surface area contributed by atoms with Crippen molar-refractivity contribution in [2.75, 3.05) is 0 Å². The van der Waals surface area contributed by atoms with Gasteiger partial charge in [-0.25, -0.2) is 0 Å². The lowest BCUT2D eigenvalue weighted by atomic mass is 10.2. The van der Waals surface area contributed by atoms with Crippen molar-refractivity contribution in [2.24, 2.45) is 0 Å². The van der Waals surface area contributed by atoms with Crippen molar-refractivity contribution in [3.8, 4) is 0 Å². The Labute approximate surface area is 112 Å². The summed E-state index contributed by atoms with van der Waals surface area (Å²) in [4.78, 5) is 21.0. The summed E-state index contributed by atoms with van der Waals surface area (Å²) in [5.74, 6) is -1.54. The number of carboxylic acids is 2. The Hall–Kier alpha value is -1.66. The van der Waals surface area contributed by atoms with E-state index in [1.165, 1.54) is 22.7 Å². The van der Waals surface area contributed by atoms with Gasteiger partial charge in [-0.3, -0.25) is 9.59 Å². The minimum absolute atomic E-state index is 0.142. The van der Waals surface area contributed by atoms with Crippen LogP contribution in [0.25, 0.3) is 0 Å². The summed E-state index contributed by atoms with van der Waals surface area (Å²) in [6.45, 7) is 0. The molecule has 2 aromatic rings. The van der Waals surface area contributed by atoms with E-state index in [-0.39, 0.29) is 12.8 Å². The highest BCUT2D eigenvalue weighted by Crippen LogP contribution is 2.08. The van der Waals surface area contributed by atoms with Crippen molar-refractivity contribution < 1.29 is 19.8 Å². The number of carbonyl (C=O) groups is 2. The molecule has 0 aromatic carbocycles. The number of hydrogen-bond donors (Lipinski definition) is 2. The Morgan fingerprint density at radius 2 is 1.78 bits per heavy atom. The molecule has 0 atom stereocenters. The van der Waals surface area contributed by atoms with E-state index >= 15 is 0 Å². The SMILES string of the molecule is O=C(O)Cc1cccs1.O=C(O)Cc1ccsc1. The van der Waals surface area contributed by atoms with E-state index in [9.17, 15) is 9.59 Å². The van der Waals surface area contributed by atoms with Crippen LogP contribution in [0.1, 0.15) is 10.4 Å². The molecule has 18 heavy (non-hydrogen) atoms. The molecule has 0 saturated carbocycles. The van der Waals surface area contributed by atoms with E-state index in [2.05, 4.69) is 0 Å². The molecule has 4 nitrogen and oxygen atoms in total. The van der Waals surface area contributed by atoms with Crippen LogP contribution in [-0.2, 0) is 22.4 Å². The fourth-order valence-corrected chi connectivity index (χ4v) is 2.49. The molecular formula is C12H12O4S2. The second kappa shape index (κ2) is 7.62. The second-order valence-corrected chi connectivity index (χ2v) is 5.16. The Morgan fingerprint density at radius 3 is 2.22 bits per heavy atom. The van der Waals surface area contributed by atoms with Crippen molar-refractivity contribution in [1.82, 2.24) is 0 Å². The molecule has 0 aliphatic rings. The first-order valence-corrected chi connectivity index (χ1v) is 6.87. The summed E-state index contributed by atoms with van der Waals surface area (Å²) in [6, 6.07) is 5.49. The molecule has 2 N–H and O–H groups in total. The van der Waals surface area contributed by atoms with Gasteiger partial charge in [0.2, 0.25) is 0 Å².